The highest BCUT2D eigenvalue weighted by Crippen LogP contribution is 2.33. The van der Waals surface area contributed by atoms with E-state index in [1.807, 2.05) is 24.7 Å². The van der Waals surface area contributed by atoms with Crippen LogP contribution < -0.4 is 4.90 Å². The Labute approximate surface area is 125 Å². The molecule has 0 amide bonds. The van der Waals surface area contributed by atoms with Crippen LogP contribution in [0.1, 0.15) is 37.4 Å². The van der Waals surface area contributed by atoms with Crippen molar-refractivity contribution in [3.8, 4) is 0 Å². The molecule has 21 heavy (non-hydrogen) atoms. The predicted octanol–water partition coefficient (Wildman–Crippen LogP) is 2.47. The van der Waals surface area contributed by atoms with E-state index in [2.05, 4.69) is 30.6 Å². The van der Waals surface area contributed by atoms with Crippen LogP contribution in [0.4, 0.5) is 5.95 Å². The van der Waals surface area contributed by atoms with Gasteiger partial charge >= 0.3 is 0 Å². The van der Waals surface area contributed by atoms with Crippen molar-refractivity contribution < 1.29 is 0 Å². The molecule has 2 aromatic heterocycles. The first kappa shape index (κ1) is 12.8. The highest BCUT2D eigenvalue weighted by atomic mass is 15.2. The quantitative estimate of drug-likeness (QED) is 0.865. The summed E-state index contributed by atoms with van der Waals surface area (Å²) in [5.74, 6) is 3.63. The topological polar surface area (TPSA) is 46.8 Å². The molecule has 110 valence electrons. The molecule has 0 atom stereocenters. The summed E-state index contributed by atoms with van der Waals surface area (Å²) in [5.41, 5.74) is 0. The Morgan fingerprint density at radius 2 is 1.71 bits per heavy atom. The van der Waals surface area contributed by atoms with Gasteiger partial charge in [-0.2, -0.15) is 0 Å². The molecule has 2 fully saturated rings. The van der Waals surface area contributed by atoms with Crippen molar-refractivity contribution in [2.75, 3.05) is 18.0 Å². The Balaban J connectivity index is 1.42. The molecule has 0 unspecified atom stereocenters. The first-order chi connectivity index (χ1) is 10.4. The molecular weight excluding hydrogens is 262 g/mol. The maximum atomic E-state index is 4.63. The molecule has 4 rings (SSSR count). The zero-order valence-electron chi connectivity index (χ0n) is 12.2. The lowest BCUT2D eigenvalue weighted by molar-refractivity contribution is 0.454. The van der Waals surface area contributed by atoms with E-state index >= 15 is 0 Å². The van der Waals surface area contributed by atoms with Crippen molar-refractivity contribution in [3.63, 3.8) is 0 Å². The van der Waals surface area contributed by atoms with Gasteiger partial charge in [0.1, 0.15) is 5.82 Å². The first-order valence-electron chi connectivity index (χ1n) is 7.93. The number of rotatable bonds is 4. The van der Waals surface area contributed by atoms with Gasteiger partial charge in [0.25, 0.3) is 0 Å². The second-order valence-corrected chi connectivity index (χ2v) is 6.19. The molecule has 1 saturated carbocycles. The van der Waals surface area contributed by atoms with Crippen molar-refractivity contribution in [1.82, 2.24) is 19.5 Å². The van der Waals surface area contributed by atoms with E-state index in [0.717, 1.165) is 44.3 Å². The Morgan fingerprint density at radius 1 is 0.952 bits per heavy atom. The molecule has 0 bridgehead atoms. The second-order valence-electron chi connectivity index (χ2n) is 6.19. The fourth-order valence-corrected chi connectivity index (χ4v) is 3.21. The van der Waals surface area contributed by atoms with E-state index < -0.39 is 0 Å². The lowest BCUT2D eigenvalue weighted by Gasteiger charge is -2.31. The van der Waals surface area contributed by atoms with Crippen LogP contribution >= 0.6 is 0 Å². The monoisotopic (exact) mass is 283 g/mol. The number of hydrogen-bond acceptors (Lipinski definition) is 4. The maximum Gasteiger partial charge on any atom is 0.225 e. The smallest absolute Gasteiger partial charge is 0.225 e. The summed E-state index contributed by atoms with van der Waals surface area (Å²) in [6.07, 6.45) is 12.8. The Hall–Kier alpha value is -1.91. The van der Waals surface area contributed by atoms with Crippen LogP contribution in [0.15, 0.2) is 30.9 Å². The molecule has 1 saturated heterocycles. The van der Waals surface area contributed by atoms with Crippen LogP contribution in [0.5, 0.6) is 0 Å². The summed E-state index contributed by atoms with van der Waals surface area (Å²) in [6, 6.07) is 1.87. The average Bonchev–Trinajstić information content (AvgIpc) is 3.24. The van der Waals surface area contributed by atoms with Gasteiger partial charge in [-0.05, 0) is 37.7 Å². The zero-order chi connectivity index (χ0) is 14.1. The van der Waals surface area contributed by atoms with Gasteiger partial charge < -0.3 is 9.47 Å². The second kappa shape index (κ2) is 5.47. The maximum absolute atomic E-state index is 4.63. The van der Waals surface area contributed by atoms with Gasteiger partial charge in [0, 0.05) is 50.3 Å². The van der Waals surface area contributed by atoms with Gasteiger partial charge in [0.05, 0.1) is 0 Å². The van der Waals surface area contributed by atoms with Crippen molar-refractivity contribution in [3.05, 3.63) is 36.7 Å². The van der Waals surface area contributed by atoms with Crippen LogP contribution in [-0.2, 0) is 6.54 Å². The summed E-state index contributed by atoms with van der Waals surface area (Å²) in [7, 11) is 0. The Bertz CT molecular complexity index is 582. The zero-order valence-corrected chi connectivity index (χ0v) is 12.2. The van der Waals surface area contributed by atoms with Crippen LogP contribution in [0.3, 0.4) is 0 Å². The minimum absolute atomic E-state index is 0.582. The molecule has 2 aromatic rings. The molecule has 0 N–H and O–H groups in total. The third-order valence-corrected chi connectivity index (χ3v) is 4.59. The third-order valence-electron chi connectivity index (χ3n) is 4.59. The normalized spacial score (nSPS) is 19.9. The summed E-state index contributed by atoms with van der Waals surface area (Å²) < 4.78 is 2.39. The molecule has 5 heteroatoms. The molecule has 0 aromatic carbocycles. The number of hydrogen-bond donors (Lipinski definition) is 0. The Morgan fingerprint density at radius 3 is 2.43 bits per heavy atom. The molecule has 2 aliphatic rings. The van der Waals surface area contributed by atoms with E-state index in [9.17, 15) is 0 Å². The molecular formula is C16H21N5. The molecule has 1 aliphatic carbocycles. The van der Waals surface area contributed by atoms with Gasteiger partial charge in [0.2, 0.25) is 5.95 Å². The van der Waals surface area contributed by atoms with E-state index in [-0.39, 0.29) is 0 Å². The van der Waals surface area contributed by atoms with Gasteiger partial charge in [-0.25, -0.2) is 15.0 Å². The molecule has 5 nitrogen and oxygen atoms in total. The van der Waals surface area contributed by atoms with Crippen molar-refractivity contribution in [2.45, 2.75) is 38.1 Å². The standard InChI is InChI=1S/C16H21N5/c1-6-18-16(19-7-1)20-9-4-14(5-10-20)15-17-8-11-21(15)12-13-2-3-13/h1,6-8,11,13-14H,2-5,9-10,12H2. The van der Waals surface area contributed by atoms with Gasteiger partial charge in [-0.15, -0.1) is 0 Å². The predicted molar refractivity (Wildman–Crippen MR) is 81.2 cm³/mol. The van der Waals surface area contributed by atoms with Crippen LogP contribution in [0, 0.1) is 5.92 Å². The van der Waals surface area contributed by atoms with Crippen LogP contribution in [0.25, 0.3) is 0 Å². The lowest BCUT2D eigenvalue weighted by atomic mass is 9.96. The van der Waals surface area contributed by atoms with Gasteiger partial charge in [-0.3, -0.25) is 0 Å². The number of piperidine rings is 1. The van der Waals surface area contributed by atoms with Crippen LogP contribution in [-0.4, -0.2) is 32.6 Å². The number of imidazole rings is 1. The van der Waals surface area contributed by atoms with Crippen molar-refractivity contribution in [1.29, 1.82) is 0 Å². The minimum Gasteiger partial charge on any atom is -0.341 e. The largest absolute Gasteiger partial charge is 0.341 e. The van der Waals surface area contributed by atoms with Crippen molar-refractivity contribution in [2.24, 2.45) is 5.92 Å². The molecule has 1 aliphatic heterocycles. The molecule has 3 heterocycles. The van der Waals surface area contributed by atoms with E-state index in [1.165, 1.54) is 18.7 Å². The summed E-state index contributed by atoms with van der Waals surface area (Å²) in [5, 5.41) is 0. The van der Waals surface area contributed by atoms with Gasteiger partial charge in [0.15, 0.2) is 0 Å². The molecule has 0 radical (unpaired) electrons. The van der Waals surface area contributed by atoms with Crippen LogP contribution in [0.2, 0.25) is 0 Å². The summed E-state index contributed by atoms with van der Waals surface area (Å²) in [4.78, 5) is 15.6. The summed E-state index contributed by atoms with van der Waals surface area (Å²) >= 11 is 0. The van der Waals surface area contributed by atoms with Crippen molar-refractivity contribution >= 4 is 5.95 Å². The fraction of sp³-hybridized carbons (Fsp3) is 0.562. The van der Waals surface area contributed by atoms with Gasteiger partial charge in [-0.1, -0.05) is 0 Å². The molecule has 0 spiro atoms. The minimum atomic E-state index is 0.582. The highest BCUT2D eigenvalue weighted by Gasteiger charge is 2.27. The van der Waals surface area contributed by atoms with E-state index in [0.29, 0.717) is 5.92 Å². The lowest BCUT2D eigenvalue weighted by Crippen LogP contribution is -2.34. The first-order valence-corrected chi connectivity index (χ1v) is 7.93. The average molecular weight is 283 g/mol. The number of anilines is 1. The summed E-state index contributed by atoms with van der Waals surface area (Å²) in [6.45, 7) is 3.20. The Kier molecular flexibility index (Phi) is 3.33. The third kappa shape index (κ3) is 2.77. The fourth-order valence-electron chi connectivity index (χ4n) is 3.21. The highest BCUT2D eigenvalue weighted by molar-refractivity contribution is 5.29. The number of aromatic nitrogens is 4. The van der Waals surface area contributed by atoms with E-state index in [1.54, 1.807) is 0 Å². The number of nitrogens with zero attached hydrogens (tertiary/aromatic N) is 5. The SMILES string of the molecule is c1cnc(N2CCC(c3nccn3CC3CC3)CC2)nc1. The van der Waals surface area contributed by atoms with E-state index in [4.69, 9.17) is 0 Å².